The molecule has 0 amide bonds. The van der Waals surface area contributed by atoms with E-state index < -0.39 is 0 Å². The maximum Gasteiger partial charge on any atom is 0.305 e. The van der Waals surface area contributed by atoms with Crippen LogP contribution in [0.5, 0.6) is 5.75 Å². The summed E-state index contributed by atoms with van der Waals surface area (Å²) < 4.78 is 23.0. The van der Waals surface area contributed by atoms with E-state index in [2.05, 4.69) is 5.32 Å². The monoisotopic (exact) mass is 283 g/mol. The molecular formula is C15H22FNO3. The lowest BCUT2D eigenvalue weighted by Crippen LogP contribution is -2.05. The summed E-state index contributed by atoms with van der Waals surface area (Å²) in [5.74, 6) is -0.270. The first kappa shape index (κ1) is 16.3. The first-order chi connectivity index (χ1) is 9.67. The highest BCUT2D eigenvalue weighted by Crippen LogP contribution is 2.21. The molecule has 0 spiro atoms. The Hall–Kier alpha value is -1.78. The number of carbonyl (C=O) groups excluding carboxylic acids is 1. The number of hydrogen-bond donors (Lipinski definition) is 1. The summed E-state index contributed by atoms with van der Waals surface area (Å²) in [6.45, 7) is 3.02. The zero-order valence-corrected chi connectivity index (χ0v) is 12.1. The normalized spacial score (nSPS) is 10.2. The van der Waals surface area contributed by atoms with Crippen molar-refractivity contribution in [2.24, 2.45) is 0 Å². The van der Waals surface area contributed by atoms with Gasteiger partial charge in [-0.15, -0.1) is 0 Å². The van der Waals surface area contributed by atoms with E-state index in [9.17, 15) is 9.18 Å². The standard InChI is InChI=1S/C15H22FNO3/c1-3-20-15(18)7-5-4-6-10-17-12-8-9-13(16)14(11-12)19-2/h8-9,11,17H,3-7,10H2,1-2H3. The highest BCUT2D eigenvalue weighted by Gasteiger charge is 2.03. The fraction of sp³-hybridized carbons (Fsp3) is 0.533. The van der Waals surface area contributed by atoms with E-state index >= 15 is 0 Å². The van der Waals surface area contributed by atoms with Gasteiger partial charge in [-0.3, -0.25) is 4.79 Å². The third-order valence-electron chi connectivity index (χ3n) is 2.84. The maximum absolute atomic E-state index is 13.2. The Balaban J connectivity index is 2.17. The van der Waals surface area contributed by atoms with Crippen LogP contribution < -0.4 is 10.1 Å². The summed E-state index contributed by atoms with van der Waals surface area (Å²) in [7, 11) is 1.44. The van der Waals surface area contributed by atoms with E-state index in [-0.39, 0.29) is 17.5 Å². The molecule has 0 fully saturated rings. The van der Waals surface area contributed by atoms with Crippen LogP contribution in [0, 0.1) is 5.82 Å². The predicted molar refractivity (Wildman–Crippen MR) is 76.5 cm³/mol. The molecule has 0 saturated heterocycles. The van der Waals surface area contributed by atoms with E-state index in [0.717, 1.165) is 31.5 Å². The van der Waals surface area contributed by atoms with E-state index in [1.165, 1.54) is 13.2 Å². The van der Waals surface area contributed by atoms with E-state index in [1.807, 2.05) is 0 Å². The molecule has 0 saturated carbocycles. The fourth-order valence-electron chi connectivity index (χ4n) is 1.81. The first-order valence-electron chi connectivity index (χ1n) is 6.90. The van der Waals surface area contributed by atoms with Gasteiger partial charge >= 0.3 is 5.97 Å². The molecule has 1 N–H and O–H groups in total. The van der Waals surface area contributed by atoms with E-state index in [4.69, 9.17) is 9.47 Å². The SMILES string of the molecule is CCOC(=O)CCCCCNc1ccc(F)c(OC)c1. The van der Waals surface area contributed by atoms with Crippen LogP contribution in [0.15, 0.2) is 18.2 Å². The number of unbranched alkanes of at least 4 members (excludes halogenated alkanes) is 2. The van der Waals surface area contributed by atoms with Crippen molar-refractivity contribution in [3.8, 4) is 5.75 Å². The lowest BCUT2D eigenvalue weighted by atomic mass is 10.2. The average molecular weight is 283 g/mol. The van der Waals surface area contributed by atoms with Crippen molar-refractivity contribution in [3.05, 3.63) is 24.0 Å². The smallest absolute Gasteiger partial charge is 0.305 e. The molecule has 1 aromatic rings. The van der Waals surface area contributed by atoms with Crippen molar-refractivity contribution >= 4 is 11.7 Å². The van der Waals surface area contributed by atoms with Gasteiger partial charge in [0.05, 0.1) is 13.7 Å². The van der Waals surface area contributed by atoms with E-state index in [1.54, 1.807) is 19.1 Å². The number of ether oxygens (including phenoxy) is 2. The zero-order valence-electron chi connectivity index (χ0n) is 12.1. The summed E-state index contributed by atoms with van der Waals surface area (Å²) in [4.78, 5) is 11.1. The lowest BCUT2D eigenvalue weighted by Gasteiger charge is -2.08. The summed E-state index contributed by atoms with van der Waals surface area (Å²) in [6, 6.07) is 4.69. The largest absolute Gasteiger partial charge is 0.494 e. The Bertz CT molecular complexity index is 424. The second-order valence-electron chi connectivity index (χ2n) is 4.39. The molecule has 0 aliphatic rings. The van der Waals surface area contributed by atoms with Crippen LogP contribution >= 0.6 is 0 Å². The highest BCUT2D eigenvalue weighted by atomic mass is 19.1. The number of halogens is 1. The van der Waals surface area contributed by atoms with Gasteiger partial charge in [-0.25, -0.2) is 4.39 Å². The number of methoxy groups -OCH3 is 1. The van der Waals surface area contributed by atoms with Crippen molar-refractivity contribution in [2.75, 3.05) is 25.6 Å². The zero-order chi connectivity index (χ0) is 14.8. The van der Waals surface area contributed by atoms with Gasteiger partial charge in [0, 0.05) is 24.7 Å². The second kappa shape index (κ2) is 9.18. The number of carbonyl (C=O) groups is 1. The Kier molecular flexibility index (Phi) is 7.47. The lowest BCUT2D eigenvalue weighted by molar-refractivity contribution is -0.143. The number of hydrogen-bond acceptors (Lipinski definition) is 4. The van der Waals surface area contributed by atoms with Crippen LogP contribution in [0.3, 0.4) is 0 Å². The minimum absolute atomic E-state index is 0.135. The molecule has 112 valence electrons. The van der Waals surface area contributed by atoms with Crippen LogP contribution in [-0.4, -0.2) is 26.2 Å². The van der Waals surface area contributed by atoms with Gasteiger partial charge in [0.1, 0.15) is 0 Å². The minimum atomic E-state index is -0.368. The first-order valence-corrected chi connectivity index (χ1v) is 6.90. The molecule has 4 nitrogen and oxygen atoms in total. The van der Waals surface area contributed by atoms with Gasteiger partial charge in [0.25, 0.3) is 0 Å². The Morgan fingerprint density at radius 3 is 2.80 bits per heavy atom. The van der Waals surface area contributed by atoms with Gasteiger partial charge in [-0.1, -0.05) is 6.42 Å². The number of anilines is 1. The molecule has 0 radical (unpaired) electrons. The van der Waals surface area contributed by atoms with Crippen LogP contribution in [0.1, 0.15) is 32.6 Å². The molecule has 0 bridgehead atoms. The molecule has 0 aliphatic carbocycles. The molecule has 0 atom stereocenters. The molecule has 1 aromatic carbocycles. The van der Waals surface area contributed by atoms with Gasteiger partial charge < -0.3 is 14.8 Å². The van der Waals surface area contributed by atoms with Crippen molar-refractivity contribution in [3.63, 3.8) is 0 Å². The molecule has 20 heavy (non-hydrogen) atoms. The Morgan fingerprint density at radius 1 is 1.30 bits per heavy atom. The van der Waals surface area contributed by atoms with Crippen molar-refractivity contribution in [1.29, 1.82) is 0 Å². The van der Waals surface area contributed by atoms with E-state index in [0.29, 0.717) is 13.0 Å². The Labute approximate surface area is 119 Å². The van der Waals surface area contributed by atoms with Gasteiger partial charge in [-0.2, -0.15) is 0 Å². The van der Waals surface area contributed by atoms with Gasteiger partial charge in [0.15, 0.2) is 11.6 Å². The summed E-state index contributed by atoms with van der Waals surface area (Å²) in [5, 5.41) is 3.20. The van der Waals surface area contributed by atoms with Gasteiger partial charge in [0.2, 0.25) is 0 Å². The second-order valence-corrected chi connectivity index (χ2v) is 4.39. The fourth-order valence-corrected chi connectivity index (χ4v) is 1.81. The third kappa shape index (κ3) is 5.91. The van der Waals surface area contributed by atoms with Crippen LogP contribution in [0.2, 0.25) is 0 Å². The van der Waals surface area contributed by atoms with Crippen LogP contribution in [0.4, 0.5) is 10.1 Å². The predicted octanol–water partition coefficient (Wildman–Crippen LogP) is 3.37. The average Bonchev–Trinajstić information content (AvgIpc) is 2.44. The van der Waals surface area contributed by atoms with Crippen molar-refractivity contribution in [2.45, 2.75) is 32.6 Å². The molecule has 5 heteroatoms. The molecule has 0 aromatic heterocycles. The van der Waals surface area contributed by atoms with Gasteiger partial charge in [-0.05, 0) is 31.9 Å². The maximum atomic E-state index is 13.2. The minimum Gasteiger partial charge on any atom is -0.494 e. The highest BCUT2D eigenvalue weighted by molar-refractivity contribution is 5.69. The molecule has 0 heterocycles. The number of nitrogens with one attached hydrogen (secondary N) is 1. The van der Waals surface area contributed by atoms with Crippen LogP contribution in [-0.2, 0) is 9.53 Å². The number of benzene rings is 1. The molecule has 0 unspecified atom stereocenters. The van der Waals surface area contributed by atoms with Crippen LogP contribution in [0.25, 0.3) is 0 Å². The topological polar surface area (TPSA) is 47.6 Å². The summed E-state index contributed by atoms with van der Waals surface area (Å²) in [6.07, 6.45) is 3.19. The Morgan fingerprint density at radius 2 is 2.10 bits per heavy atom. The molecular weight excluding hydrogens is 261 g/mol. The third-order valence-corrected chi connectivity index (χ3v) is 2.84. The molecule has 1 rings (SSSR count). The van der Waals surface area contributed by atoms with Crippen molar-refractivity contribution < 1.29 is 18.7 Å². The number of esters is 1. The molecule has 0 aliphatic heterocycles. The summed E-state index contributed by atoms with van der Waals surface area (Å²) >= 11 is 0. The summed E-state index contributed by atoms with van der Waals surface area (Å²) in [5.41, 5.74) is 0.827. The van der Waals surface area contributed by atoms with Crippen molar-refractivity contribution in [1.82, 2.24) is 0 Å². The quantitative estimate of drug-likeness (QED) is 0.557. The number of rotatable bonds is 9.